The molecule has 0 unspecified atom stereocenters. The first kappa shape index (κ1) is 15.7. The molecule has 0 N–H and O–H groups in total. The van der Waals surface area contributed by atoms with E-state index < -0.39 is 0 Å². The second-order valence-corrected chi connectivity index (χ2v) is 5.47. The Labute approximate surface area is 134 Å². The molecule has 2 aromatic heterocycles. The highest BCUT2D eigenvalue weighted by molar-refractivity contribution is 5.48. The first-order chi connectivity index (χ1) is 11.3. The summed E-state index contributed by atoms with van der Waals surface area (Å²) in [5.41, 5.74) is 0. The topological polar surface area (TPSA) is 86.4 Å². The molecule has 0 aromatic carbocycles. The third-order valence-corrected chi connectivity index (χ3v) is 3.92. The number of rotatable bonds is 6. The molecule has 3 rings (SSSR count). The molecular formula is C15H21N5O3. The Hall–Kier alpha value is -2.22. The van der Waals surface area contributed by atoms with Crippen molar-refractivity contribution < 1.29 is 14.0 Å². The molecule has 1 aliphatic heterocycles. The molecule has 0 radical (unpaired) electrons. The summed E-state index contributed by atoms with van der Waals surface area (Å²) < 4.78 is 15.8. The smallest absolute Gasteiger partial charge is 0.257 e. The van der Waals surface area contributed by atoms with Crippen LogP contribution in [0.15, 0.2) is 16.9 Å². The van der Waals surface area contributed by atoms with E-state index in [1.54, 1.807) is 26.6 Å². The van der Waals surface area contributed by atoms with Crippen molar-refractivity contribution in [3.05, 3.63) is 24.1 Å². The number of hydrogen-bond acceptors (Lipinski definition) is 8. The van der Waals surface area contributed by atoms with E-state index in [2.05, 4.69) is 25.0 Å². The van der Waals surface area contributed by atoms with Crippen LogP contribution in [0.5, 0.6) is 5.88 Å². The van der Waals surface area contributed by atoms with Gasteiger partial charge in [0.15, 0.2) is 11.6 Å². The lowest BCUT2D eigenvalue weighted by atomic mass is 9.98. The van der Waals surface area contributed by atoms with Gasteiger partial charge >= 0.3 is 0 Å². The highest BCUT2D eigenvalue weighted by Gasteiger charge is 2.28. The third kappa shape index (κ3) is 3.58. The zero-order valence-electron chi connectivity index (χ0n) is 13.4. The first-order valence-electron chi connectivity index (χ1n) is 7.73. The lowest BCUT2D eigenvalue weighted by molar-refractivity contribution is 0.199. The molecular weight excluding hydrogens is 298 g/mol. The molecule has 1 saturated heterocycles. The third-order valence-electron chi connectivity index (χ3n) is 3.92. The second kappa shape index (κ2) is 7.36. The van der Waals surface area contributed by atoms with E-state index >= 15 is 0 Å². The number of piperidine rings is 1. The Balaban J connectivity index is 1.72. The molecule has 1 fully saturated rings. The Kier molecular flexibility index (Phi) is 5.02. The highest BCUT2D eigenvalue weighted by atomic mass is 16.5. The Morgan fingerprint density at radius 1 is 1.30 bits per heavy atom. The minimum Gasteiger partial charge on any atom is -0.478 e. The molecule has 1 atom stereocenters. The first-order valence-corrected chi connectivity index (χ1v) is 7.73. The molecule has 0 bridgehead atoms. The van der Waals surface area contributed by atoms with Crippen LogP contribution in [0.3, 0.4) is 0 Å². The van der Waals surface area contributed by atoms with E-state index in [4.69, 9.17) is 14.0 Å². The van der Waals surface area contributed by atoms with E-state index in [9.17, 15) is 0 Å². The van der Waals surface area contributed by atoms with Crippen LogP contribution in [-0.2, 0) is 11.2 Å². The monoisotopic (exact) mass is 319 g/mol. The molecule has 3 heterocycles. The zero-order chi connectivity index (χ0) is 16.1. The average molecular weight is 319 g/mol. The fraction of sp³-hybridized carbons (Fsp3) is 0.600. The van der Waals surface area contributed by atoms with Crippen LogP contribution < -0.4 is 9.64 Å². The SMILES string of the molecule is COCCc1noc([C@H]2CCCN(c3nccnc3OC)C2)n1. The van der Waals surface area contributed by atoms with Crippen LogP contribution in [0.1, 0.15) is 30.5 Å². The number of anilines is 1. The van der Waals surface area contributed by atoms with Gasteiger partial charge in [-0.3, -0.25) is 0 Å². The maximum absolute atomic E-state index is 5.43. The summed E-state index contributed by atoms with van der Waals surface area (Å²) in [6, 6.07) is 0. The summed E-state index contributed by atoms with van der Waals surface area (Å²) in [5.74, 6) is 2.87. The molecule has 23 heavy (non-hydrogen) atoms. The van der Waals surface area contributed by atoms with E-state index in [0.717, 1.165) is 31.7 Å². The molecule has 124 valence electrons. The van der Waals surface area contributed by atoms with Crippen LogP contribution in [0.25, 0.3) is 0 Å². The molecule has 2 aromatic rings. The molecule has 8 nitrogen and oxygen atoms in total. The quantitative estimate of drug-likeness (QED) is 0.790. The predicted octanol–water partition coefficient (Wildman–Crippen LogP) is 1.44. The minimum absolute atomic E-state index is 0.194. The second-order valence-electron chi connectivity index (χ2n) is 5.47. The van der Waals surface area contributed by atoms with Gasteiger partial charge in [-0.05, 0) is 12.8 Å². The summed E-state index contributed by atoms with van der Waals surface area (Å²) in [4.78, 5) is 15.3. The number of aromatic nitrogens is 4. The highest BCUT2D eigenvalue weighted by Crippen LogP contribution is 2.31. The van der Waals surface area contributed by atoms with Crippen molar-refractivity contribution in [1.29, 1.82) is 0 Å². The number of nitrogens with zero attached hydrogens (tertiary/aromatic N) is 5. The Morgan fingerprint density at radius 2 is 2.17 bits per heavy atom. The van der Waals surface area contributed by atoms with Crippen molar-refractivity contribution in [2.75, 3.05) is 38.8 Å². The molecule has 0 amide bonds. The minimum atomic E-state index is 0.194. The normalized spacial score (nSPS) is 18.2. The molecule has 0 saturated carbocycles. The van der Waals surface area contributed by atoms with E-state index in [0.29, 0.717) is 30.6 Å². The van der Waals surface area contributed by atoms with Crippen molar-refractivity contribution in [2.45, 2.75) is 25.2 Å². The van der Waals surface area contributed by atoms with Gasteiger partial charge in [-0.25, -0.2) is 9.97 Å². The summed E-state index contributed by atoms with van der Waals surface area (Å²) in [7, 11) is 3.27. The van der Waals surface area contributed by atoms with Crippen molar-refractivity contribution in [3.63, 3.8) is 0 Å². The van der Waals surface area contributed by atoms with Gasteiger partial charge in [0.2, 0.25) is 5.89 Å². The van der Waals surface area contributed by atoms with E-state index in [1.165, 1.54) is 0 Å². The van der Waals surface area contributed by atoms with E-state index in [1.807, 2.05) is 0 Å². The largest absolute Gasteiger partial charge is 0.478 e. The summed E-state index contributed by atoms with van der Waals surface area (Å²) in [6.45, 7) is 2.27. The van der Waals surface area contributed by atoms with Gasteiger partial charge in [0.05, 0.1) is 19.6 Å². The fourth-order valence-corrected chi connectivity index (χ4v) is 2.78. The average Bonchev–Trinajstić information content (AvgIpc) is 3.09. The van der Waals surface area contributed by atoms with Crippen LogP contribution in [-0.4, -0.2) is 54.0 Å². The molecule has 8 heteroatoms. The maximum atomic E-state index is 5.43. The standard InChI is InChI=1S/C15H21N5O3/c1-21-9-5-12-18-14(23-19-12)11-4-3-8-20(10-11)13-15(22-2)17-7-6-16-13/h6-7,11H,3-5,8-10H2,1-2H3/t11-/m0/s1. The van der Waals surface area contributed by atoms with Crippen molar-refractivity contribution in [1.82, 2.24) is 20.1 Å². The molecule has 0 spiro atoms. The van der Waals surface area contributed by atoms with Gasteiger partial charge in [-0.1, -0.05) is 5.16 Å². The summed E-state index contributed by atoms with van der Waals surface area (Å²) in [5, 5.41) is 4.02. The van der Waals surface area contributed by atoms with Crippen molar-refractivity contribution in [2.24, 2.45) is 0 Å². The maximum Gasteiger partial charge on any atom is 0.257 e. The number of hydrogen-bond donors (Lipinski definition) is 0. The molecule has 1 aliphatic rings. The van der Waals surface area contributed by atoms with Crippen LogP contribution in [0.4, 0.5) is 5.82 Å². The lowest BCUT2D eigenvalue weighted by Crippen LogP contribution is -2.35. The van der Waals surface area contributed by atoms with Gasteiger partial charge in [-0.15, -0.1) is 0 Å². The Morgan fingerprint density at radius 3 is 3.00 bits per heavy atom. The lowest BCUT2D eigenvalue weighted by Gasteiger charge is -2.32. The summed E-state index contributed by atoms with van der Waals surface area (Å²) in [6.07, 6.45) is 6.01. The van der Waals surface area contributed by atoms with Crippen LogP contribution in [0, 0.1) is 0 Å². The number of ether oxygens (including phenoxy) is 2. The fourth-order valence-electron chi connectivity index (χ4n) is 2.78. The van der Waals surface area contributed by atoms with Crippen molar-refractivity contribution in [3.8, 4) is 5.88 Å². The van der Waals surface area contributed by atoms with Gasteiger partial charge in [-0.2, -0.15) is 4.98 Å². The van der Waals surface area contributed by atoms with Gasteiger partial charge in [0.1, 0.15) is 0 Å². The van der Waals surface area contributed by atoms with Crippen LogP contribution in [0.2, 0.25) is 0 Å². The Bertz CT molecular complexity index is 633. The van der Waals surface area contributed by atoms with Gasteiger partial charge in [0, 0.05) is 39.0 Å². The van der Waals surface area contributed by atoms with Crippen molar-refractivity contribution >= 4 is 5.82 Å². The number of methoxy groups -OCH3 is 2. The van der Waals surface area contributed by atoms with E-state index in [-0.39, 0.29) is 5.92 Å². The predicted molar refractivity (Wildman–Crippen MR) is 82.7 cm³/mol. The zero-order valence-corrected chi connectivity index (χ0v) is 13.4. The van der Waals surface area contributed by atoms with Crippen LogP contribution >= 0.6 is 0 Å². The summed E-state index contributed by atoms with van der Waals surface area (Å²) >= 11 is 0. The molecule has 0 aliphatic carbocycles. The van der Waals surface area contributed by atoms with Gasteiger partial charge < -0.3 is 18.9 Å². The van der Waals surface area contributed by atoms with Gasteiger partial charge in [0.25, 0.3) is 5.88 Å².